The van der Waals surface area contributed by atoms with E-state index >= 15 is 0 Å². The number of cyclic esters (lactones) is 1. The van der Waals surface area contributed by atoms with Gasteiger partial charge in [-0.3, -0.25) is 9.69 Å². The molecule has 8 nitrogen and oxygen atoms in total. The first-order valence-corrected chi connectivity index (χ1v) is 7.19. The van der Waals surface area contributed by atoms with Gasteiger partial charge in [0.2, 0.25) is 6.10 Å². The van der Waals surface area contributed by atoms with Gasteiger partial charge in [-0.25, -0.2) is 9.59 Å². The van der Waals surface area contributed by atoms with Crippen LogP contribution in [-0.2, 0) is 20.7 Å². The lowest BCUT2D eigenvalue weighted by Crippen LogP contribution is -2.37. The van der Waals surface area contributed by atoms with Gasteiger partial charge in [0.25, 0.3) is 5.91 Å². The van der Waals surface area contributed by atoms with Crippen molar-refractivity contribution in [3.8, 4) is 0 Å². The Hall–Kier alpha value is -2.61. The summed E-state index contributed by atoms with van der Waals surface area (Å²) >= 11 is 0. The molecule has 23 heavy (non-hydrogen) atoms. The van der Waals surface area contributed by atoms with E-state index in [-0.39, 0.29) is 18.5 Å². The maximum absolute atomic E-state index is 11.8. The van der Waals surface area contributed by atoms with Crippen molar-refractivity contribution in [2.45, 2.75) is 25.5 Å². The fourth-order valence-corrected chi connectivity index (χ4v) is 3.04. The van der Waals surface area contributed by atoms with Gasteiger partial charge in [-0.2, -0.15) is 0 Å². The van der Waals surface area contributed by atoms with Gasteiger partial charge in [-0.1, -0.05) is 0 Å². The van der Waals surface area contributed by atoms with Gasteiger partial charge in [-0.15, -0.1) is 0 Å². The number of fused-ring (bicyclic) bond motifs is 1. The van der Waals surface area contributed by atoms with E-state index in [0.717, 1.165) is 5.56 Å². The number of aliphatic hydroxyl groups is 1. The lowest BCUT2D eigenvalue weighted by molar-refractivity contribution is -0.144. The molecule has 3 rings (SSSR count). The predicted octanol–water partition coefficient (Wildman–Crippen LogP) is 0.366. The molecule has 0 bridgehead atoms. The Labute approximate surface area is 131 Å². The summed E-state index contributed by atoms with van der Waals surface area (Å²) in [5, 5.41) is 18.0. The maximum Gasteiger partial charge on any atom is 0.415 e. The Bertz CT molecular complexity index is 689. The molecule has 0 radical (unpaired) electrons. The molecule has 0 aliphatic carbocycles. The molecule has 2 aliphatic rings. The second-order valence-corrected chi connectivity index (χ2v) is 5.61. The molecular weight excluding hydrogens is 304 g/mol. The SMILES string of the molecule is C[C@@H]1Cc2cc(N3C[C@H](C(=O)O)OC3=O)ccc2N1C(=O)CO. The first kappa shape index (κ1) is 15.3. The number of hydrogen-bond donors (Lipinski definition) is 2. The van der Waals surface area contributed by atoms with E-state index in [1.54, 1.807) is 18.2 Å². The highest BCUT2D eigenvalue weighted by Crippen LogP contribution is 2.36. The topological polar surface area (TPSA) is 107 Å². The highest BCUT2D eigenvalue weighted by atomic mass is 16.6. The van der Waals surface area contributed by atoms with Crippen LogP contribution in [0.4, 0.5) is 16.2 Å². The third-order valence-electron chi connectivity index (χ3n) is 4.08. The third kappa shape index (κ3) is 2.50. The number of aliphatic carboxylic acids is 1. The van der Waals surface area contributed by atoms with Crippen LogP contribution in [0.25, 0.3) is 0 Å². The highest BCUT2D eigenvalue weighted by molar-refractivity contribution is 5.98. The van der Waals surface area contributed by atoms with E-state index in [1.807, 2.05) is 6.92 Å². The minimum atomic E-state index is -1.18. The van der Waals surface area contributed by atoms with Crippen molar-refractivity contribution in [1.82, 2.24) is 0 Å². The van der Waals surface area contributed by atoms with Gasteiger partial charge in [0.1, 0.15) is 6.61 Å². The first-order chi connectivity index (χ1) is 10.9. The Morgan fingerprint density at radius 1 is 1.39 bits per heavy atom. The van der Waals surface area contributed by atoms with Crippen LogP contribution in [0.2, 0.25) is 0 Å². The Balaban J connectivity index is 1.89. The largest absolute Gasteiger partial charge is 0.478 e. The number of anilines is 2. The van der Waals surface area contributed by atoms with E-state index in [9.17, 15) is 14.4 Å². The Kier molecular flexibility index (Phi) is 3.69. The lowest BCUT2D eigenvalue weighted by atomic mass is 10.1. The molecule has 2 aliphatic heterocycles. The van der Waals surface area contributed by atoms with Crippen molar-refractivity contribution < 1.29 is 29.3 Å². The molecule has 122 valence electrons. The number of amides is 2. The minimum Gasteiger partial charge on any atom is -0.478 e. The van der Waals surface area contributed by atoms with Gasteiger partial charge in [0.15, 0.2) is 0 Å². The molecule has 1 aromatic carbocycles. The second-order valence-electron chi connectivity index (χ2n) is 5.61. The average molecular weight is 320 g/mol. The fourth-order valence-electron chi connectivity index (χ4n) is 3.04. The van der Waals surface area contributed by atoms with E-state index in [2.05, 4.69) is 0 Å². The molecule has 0 saturated carbocycles. The van der Waals surface area contributed by atoms with E-state index < -0.39 is 24.8 Å². The summed E-state index contributed by atoms with van der Waals surface area (Å²) in [5.74, 6) is -1.56. The predicted molar refractivity (Wildman–Crippen MR) is 79.4 cm³/mol. The smallest absolute Gasteiger partial charge is 0.415 e. The molecule has 8 heteroatoms. The zero-order chi connectivity index (χ0) is 16.7. The van der Waals surface area contributed by atoms with E-state index in [1.165, 1.54) is 9.80 Å². The summed E-state index contributed by atoms with van der Waals surface area (Å²) in [4.78, 5) is 37.4. The average Bonchev–Trinajstić information content (AvgIpc) is 3.05. The van der Waals surface area contributed by atoms with E-state index in [0.29, 0.717) is 17.8 Å². The quantitative estimate of drug-likeness (QED) is 0.833. The summed E-state index contributed by atoms with van der Waals surface area (Å²) in [6, 6.07) is 5.00. The summed E-state index contributed by atoms with van der Waals surface area (Å²) < 4.78 is 4.80. The van der Waals surface area contributed by atoms with E-state index in [4.69, 9.17) is 14.9 Å². The molecule has 0 aromatic heterocycles. The number of rotatable bonds is 3. The van der Waals surface area contributed by atoms with Crippen LogP contribution >= 0.6 is 0 Å². The van der Waals surface area contributed by atoms with Gasteiger partial charge < -0.3 is 19.8 Å². The van der Waals surface area contributed by atoms with Crippen molar-refractivity contribution in [2.24, 2.45) is 0 Å². The van der Waals surface area contributed by atoms with Crippen LogP contribution in [0.1, 0.15) is 12.5 Å². The van der Waals surface area contributed by atoms with Crippen LogP contribution in [0.15, 0.2) is 18.2 Å². The van der Waals surface area contributed by atoms with Crippen LogP contribution in [0.5, 0.6) is 0 Å². The minimum absolute atomic E-state index is 0.0538. The van der Waals surface area contributed by atoms with Crippen LogP contribution in [-0.4, -0.2) is 53.5 Å². The van der Waals surface area contributed by atoms with Crippen molar-refractivity contribution in [2.75, 3.05) is 23.0 Å². The highest BCUT2D eigenvalue weighted by Gasteiger charge is 2.38. The number of carboxylic acid groups (broad SMARTS) is 1. The van der Waals surface area contributed by atoms with Crippen molar-refractivity contribution in [3.05, 3.63) is 23.8 Å². The monoisotopic (exact) mass is 320 g/mol. The summed E-state index contributed by atoms with van der Waals surface area (Å²) in [5.41, 5.74) is 2.09. The van der Waals surface area contributed by atoms with Gasteiger partial charge in [-0.05, 0) is 37.1 Å². The molecule has 1 fully saturated rings. The maximum atomic E-state index is 11.8. The number of ether oxygens (including phenoxy) is 1. The number of benzene rings is 1. The third-order valence-corrected chi connectivity index (χ3v) is 4.08. The number of carboxylic acids is 1. The standard InChI is InChI=1S/C15H16N2O6/c1-8-4-9-5-10(2-3-11(9)17(8)13(19)7-18)16-6-12(14(20)21)23-15(16)22/h2-3,5,8,12,18H,4,6-7H2,1H3,(H,20,21)/t8-,12-/m1/s1. The molecule has 2 atom stereocenters. The summed E-state index contributed by atoms with van der Waals surface area (Å²) in [7, 11) is 0. The van der Waals surface area contributed by atoms with Gasteiger partial charge >= 0.3 is 12.1 Å². The number of carbonyl (C=O) groups is 3. The fraction of sp³-hybridized carbons (Fsp3) is 0.400. The molecule has 2 heterocycles. The molecule has 1 aromatic rings. The molecule has 2 N–H and O–H groups in total. The molecular formula is C15H16N2O6. The summed E-state index contributed by atoms with van der Waals surface area (Å²) in [6.45, 7) is 1.25. The zero-order valence-electron chi connectivity index (χ0n) is 12.4. The second kappa shape index (κ2) is 5.54. The summed E-state index contributed by atoms with van der Waals surface area (Å²) in [6.07, 6.45) is -1.28. The number of carbonyl (C=O) groups excluding carboxylic acids is 2. The Morgan fingerprint density at radius 3 is 2.74 bits per heavy atom. The first-order valence-electron chi connectivity index (χ1n) is 7.19. The molecule has 0 spiro atoms. The molecule has 1 saturated heterocycles. The van der Waals surface area contributed by atoms with Crippen LogP contribution in [0, 0.1) is 0 Å². The Morgan fingerprint density at radius 2 is 2.13 bits per heavy atom. The number of nitrogens with zero attached hydrogens (tertiary/aromatic N) is 2. The van der Waals surface area contributed by atoms with Crippen LogP contribution < -0.4 is 9.80 Å². The zero-order valence-corrected chi connectivity index (χ0v) is 12.4. The van der Waals surface area contributed by atoms with Crippen LogP contribution in [0.3, 0.4) is 0 Å². The van der Waals surface area contributed by atoms with Gasteiger partial charge in [0, 0.05) is 17.4 Å². The van der Waals surface area contributed by atoms with Crippen molar-refractivity contribution in [1.29, 1.82) is 0 Å². The van der Waals surface area contributed by atoms with Crippen molar-refractivity contribution >= 4 is 29.3 Å². The molecule has 2 amide bonds. The normalized spacial score (nSPS) is 23.0. The van der Waals surface area contributed by atoms with Crippen molar-refractivity contribution in [3.63, 3.8) is 0 Å². The molecule has 0 unspecified atom stereocenters. The van der Waals surface area contributed by atoms with Gasteiger partial charge in [0.05, 0.1) is 6.54 Å². The number of hydrogen-bond acceptors (Lipinski definition) is 5. The lowest BCUT2D eigenvalue weighted by Gasteiger charge is -2.22. The number of aliphatic hydroxyl groups excluding tert-OH is 1.